The molecule has 1 saturated heterocycles. The fourth-order valence-corrected chi connectivity index (χ4v) is 2.26. The zero-order valence-corrected chi connectivity index (χ0v) is 11.0. The molecule has 98 valence electrons. The molecular formula is C15H21NO2. The van der Waals surface area contributed by atoms with E-state index in [0.717, 1.165) is 17.9 Å². The van der Waals surface area contributed by atoms with Gasteiger partial charge in [-0.25, -0.2) is 0 Å². The fourth-order valence-electron chi connectivity index (χ4n) is 2.26. The van der Waals surface area contributed by atoms with Crippen LogP contribution in [0.15, 0.2) is 24.3 Å². The monoisotopic (exact) mass is 247 g/mol. The third-order valence-corrected chi connectivity index (χ3v) is 3.35. The van der Waals surface area contributed by atoms with Gasteiger partial charge in [0.15, 0.2) is 5.78 Å². The Balaban J connectivity index is 1.83. The molecule has 0 N–H and O–H groups in total. The molecular weight excluding hydrogens is 226 g/mol. The fraction of sp³-hybridized carbons (Fsp3) is 0.533. The topological polar surface area (TPSA) is 29.5 Å². The van der Waals surface area contributed by atoms with Crippen LogP contribution in [0.1, 0.15) is 36.5 Å². The molecule has 0 aromatic heterocycles. The van der Waals surface area contributed by atoms with Crippen LogP contribution in [-0.4, -0.2) is 36.9 Å². The number of likely N-dealkylation sites (tertiary alicyclic amines) is 1. The molecule has 1 aliphatic rings. The van der Waals surface area contributed by atoms with Crippen LogP contribution in [0.2, 0.25) is 0 Å². The van der Waals surface area contributed by atoms with E-state index in [-0.39, 0.29) is 5.78 Å². The van der Waals surface area contributed by atoms with Gasteiger partial charge in [0.05, 0.1) is 0 Å². The number of rotatable bonds is 6. The second-order valence-corrected chi connectivity index (χ2v) is 4.70. The number of carbonyl (C=O) groups excluding carboxylic acids is 1. The molecule has 0 spiro atoms. The van der Waals surface area contributed by atoms with E-state index in [9.17, 15) is 4.79 Å². The summed E-state index contributed by atoms with van der Waals surface area (Å²) in [6, 6.07) is 7.49. The highest BCUT2D eigenvalue weighted by molar-refractivity contribution is 5.96. The average molecular weight is 247 g/mol. The van der Waals surface area contributed by atoms with E-state index in [4.69, 9.17) is 4.74 Å². The summed E-state index contributed by atoms with van der Waals surface area (Å²) in [6.45, 7) is 5.94. The van der Waals surface area contributed by atoms with E-state index in [0.29, 0.717) is 13.0 Å². The first kappa shape index (κ1) is 13.1. The van der Waals surface area contributed by atoms with Crippen molar-refractivity contribution >= 4 is 5.78 Å². The third kappa shape index (κ3) is 3.57. The quantitative estimate of drug-likeness (QED) is 0.724. The molecule has 1 aliphatic heterocycles. The van der Waals surface area contributed by atoms with Crippen molar-refractivity contribution in [3.8, 4) is 5.75 Å². The Labute approximate surface area is 109 Å². The maximum atomic E-state index is 11.6. The number of hydrogen-bond donors (Lipinski definition) is 0. The number of ether oxygens (including phenoxy) is 1. The summed E-state index contributed by atoms with van der Waals surface area (Å²) < 4.78 is 5.71. The van der Waals surface area contributed by atoms with Crippen molar-refractivity contribution in [1.29, 1.82) is 0 Å². The van der Waals surface area contributed by atoms with Crippen molar-refractivity contribution < 1.29 is 9.53 Å². The highest BCUT2D eigenvalue weighted by atomic mass is 16.5. The van der Waals surface area contributed by atoms with Gasteiger partial charge in [0.25, 0.3) is 0 Å². The molecule has 0 amide bonds. The molecule has 0 unspecified atom stereocenters. The predicted octanol–water partition coefficient (Wildman–Crippen LogP) is 2.75. The molecule has 0 atom stereocenters. The van der Waals surface area contributed by atoms with Crippen molar-refractivity contribution in [3.63, 3.8) is 0 Å². The van der Waals surface area contributed by atoms with Gasteiger partial charge in [-0.05, 0) is 38.1 Å². The maximum Gasteiger partial charge on any atom is 0.162 e. The second kappa shape index (κ2) is 6.55. The highest BCUT2D eigenvalue weighted by Crippen LogP contribution is 2.15. The first-order chi connectivity index (χ1) is 8.79. The second-order valence-electron chi connectivity index (χ2n) is 4.70. The van der Waals surface area contributed by atoms with E-state index in [1.807, 2.05) is 31.2 Å². The third-order valence-electron chi connectivity index (χ3n) is 3.35. The summed E-state index contributed by atoms with van der Waals surface area (Å²) in [5.41, 5.74) is 0.746. The zero-order valence-electron chi connectivity index (χ0n) is 11.0. The highest BCUT2D eigenvalue weighted by Gasteiger charge is 2.11. The maximum absolute atomic E-state index is 11.6. The molecule has 0 aliphatic carbocycles. The molecule has 18 heavy (non-hydrogen) atoms. The Bertz CT molecular complexity index is 397. The van der Waals surface area contributed by atoms with Crippen molar-refractivity contribution in [1.82, 2.24) is 4.90 Å². The Morgan fingerprint density at radius 2 is 2.11 bits per heavy atom. The molecule has 3 nitrogen and oxygen atoms in total. The largest absolute Gasteiger partial charge is 0.492 e. The number of benzene rings is 1. The van der Waals surface area contributed by atoms with Crippen molar-refractivity contribution in [2.45, 2.75) is 26.2 Å². The summed E-state index contributed by atoms with van der Waals surface area (Å²) in [6.07, 6.45) is 3.15. The standard InChI is InChI=1S/C15H21NO2/c1-2-15(17)13-6-5-7-14(12-13)18-11-10-16-8-3-4-9-16/h5-7,12H,2-4,8-11H2,1H3. The summed E-state index contributed by atoms with van der Waals surface area (Å²) in [4.78, 5) is 14.0. The molecule has 2 rings (SSSR count). The van der Waals surface area contributed by atoms with Gasteiger partial charge >= 0.3 is 0 Å². The lowest BCUT2D eigenvalue weighted by Gasteiger charge is -2.15. The summed E-state index contributed by atoms with van der Waals surface area (Å²) in [5, 5.41) is 0. The number of Topliss-reactive ketones (excluding diaryl/α,β-unsaturated/α-hetero) is 1. The minimum absolute atomic E-state index is 0.167. The summed E-state index contributed by atoms with van der Waals surface area (Å²) in [5.74, 6) is 0.966. The minimum Gasteiger partial charge on any atom is -0.492 e. The van der Waals surface area contributed by atoms with Crippen molar-refractivity contribution in [3.05, 3.63) is 29.8 Å². The van der Waals surface area contributed by atoms with Gasteiger partial charge in [-0.3, -0.25) is 9.69 Å². The lowest BCUT2D eigenvalue weighted by atomic mass is 10.1. The van der Waals surface area contributed by atoms with Gasteiger partial charge in [-0.15, -0.1) is 0 Å². The molecule has 1 aromatic carbocycles. The van der Waals surface area contributed by atoms with E-state index in [1.54, 1.807) is 0 Å². The lowest BCUT2D eigenvalue weighted by Crippen LogP contribution is -2.25. The van der Waals surface area contributed by atoms with Crippen LogP contribution in [0, 0.1) is 0 Å². The first-order valence-electron chi connectivity index (χ1n) is 6.78. The SMILES string of the molecule is CCC(=O)c1cccc(OCCN2CCCC2)c1. The van der Waals surface area contributed by atoms with E-state index in [1.165, 1.54) is 25.9 Å². The summed E-state index contributed by atoms with van der Waals surface area (Å²) >= 11 is 0. The van der Waals surface area contributed by atoms with Gasteiger partial charge < -0.3 is 4.74 Å². The zero-order chi connectivity index (χ0) is 12.8. The predicted molar refractivity (Wildman–Crippen MR) is 72.2 cm³/mol. The van der Waals surface area contributed by atoms with Crippen LogP contribution < -0.4 is 4.74 Å². The van der Waals surface area contributed by atoms with Gasteiger partial charge in [-0.2, -0.15) is 0 Å². The molecule has 0 radical (unpaired) electrons. The van der Waals surface area contributed by atoms with Gasteiger partial charge in [0.1, 0.15) is 12.4 Å². The Kier molecular flexibility index (Phi) is 4.76. The van der Waals surface area contributed by atoms with Gasteiger partial charge in [0, 0.05) is 18.5 Å². The van der Waals surface area contributed by atoms with Crippen LogP contribution >= 0.6 is 0 Å². The van der Waals surface area contributed by atoms with Gasteiger partial charge in [-0.1, -0.05) is 19.1 Å². The average Bonchev–Trinajstić information content (AvgIpc) is 2.91. The van der Waals surface area contributed by atoms with Crippen LogP contribution in [0.4, 0.5) is 0 Å². The number of hydrogen-bond acceptors (Lipinski definition) is 3. The van der Waals surface area contributed by atoms with Crippen molar-refractivity contribution in [2.75, 3.05) is 26.2 Å². The molecule has 0 bridgehead atoms. The lowest BCUT2D eigenvalue weighted by molar-refractivity contribution is 0.0987. The van der Waals surface area contributed by atoms with Crippen LogP contribution in [-0.2, 0) is 0 Å². The van der Waals surface area contributed by atoms with Gasteiger partial charge in [0.2, 0.25) is 0 Å². The molecule has 3 heteroatoms. The van der Waals surface area contributed by atoms with E-state index in [2.05, 4.69) is 4.90 Å². The first-order valence-corrected chi connectivity index (χ1v) is 6.78. The molecule has 1 aromatic rings. The molecule has 1 fully saturated rings. The summed E-state index contributed by atoms with van der Waals surface area (Å²) in [7, 11) is 0. The number of nitrogens with zero attached hydrogens (tertiary/aromatic N) is 1. The Hall–Kier alpha value is -1.35. The molecule has 0 saturated carbocycles. The van der Waals surface area contributed by atoms with Crippen molar-refractivity contribution in [2.24, 2.45) is 0 Å². The Morgan fingerprint density at radius 1 is 1.33 bits per heavy atom. The number of carbonyl (C=O) groups is 1. The number of ketones is 1. The van der Waals surface area contributed by atoms with Crippen LogP contribution in [0.5, 0.6) is 5.75 Å². The smallest absolute Gasteiger partial charge is 0.162 e. The van der Waals surface area contributed by atoms with Crippen LogP contribution in [0.3, 0.4) is 0 Å². The van der Waals surface area contributed by atoms with E-state index < -0.39 is 0 Å². The van der Waals surface area contributed by atoms with Crippen LogP contribution in [0.25, 0.3) is 0 Å². The Morgan fingerprint density at radius 3 is 2.83 bits per heavy atom. The molecule has 1 heterocycles. The minimum atomic E-state index is 0.167. The normalized spacial score (nSPS) is 15.8. The van der Waals surface area contributed by atoms with E-state index >= 15 is 0 Å².